The van der Waals surface area contributed by atoms with Gasteiger partial charge < -0.3 is 0 Å². The fourth-order valence-corrected chi connectivity index (χ4v) is 3.35. The average molecular weight is 235 g/mol. The molecule has 16 heavy (non-hydrogen) atoms. The van der Waals surface area contributed by atoms with Gasteiger partial charge >= 0.3 is 0 Å². The van der Waals surface area contributed by atoms with Gasteiger partial charge in [0.15, 0.2) is 0 Å². The summed E-state index contributed by atoms with van der Waals surface area (Å²) in [7, 11) is 0. The van der Waals surface area contributed by atoms with Crippen LogP contribution in [0, 0.1) is 5.82 Å². The topological polar surface area (TPSA) is 3.24 Å². The van der Waals surface area contributed by atoms with Crippen LogP contribution in [-0.2, 0) is 6.54 Å². The van der Waals surface area contributed by atoms with Gasteiger partial charge in [-0.2, -0.15) is 0 Å². The van der Waals surface area contributed by atoms with Crippen LogP contribution in [-0.4, -0.2) is 18.0 Å². The Morgan fingerprint density at radius 3 is 2.88 bits per heavy atom. The Bertz CT molecular complexity index is 500. The summed E-state index contributed by atoms with van der Waals surface area (Å²) in [5.41, 5.74) is 1.28. The predicted molar refractivity (Wildman–Crippen MR) is 66.3 cm³/mol. The summed E-state index contributed by atoms with van der Waals surface area (Å²) in [6, 6.07) is 5.37. The first kappa shape index (κ1) is 10.2. The smallest absolute Gasteiger partial charge is 0.140 e. The molecule has 0 amide bonds. The summed E-state index contributed by atoms with van der Waals surface area (Å²) in [6.07, 6.45) is 2.60. The van der Waals surface area contributed by atoms with Crippen molar-refractivity contribution in [1.82, 2.24) is 4.90 Å². The molecule has 2 aromatic rings. The third-order valence-corrected chi connectivity index (χ3v) is 4.28. The molecule has 1 aromatic heterocycles. The molecule has 1 nitrogen and oxygen atoms in total. The maximum atomic E-state index is 13.5. The molecule has 0 N–H and O–H groups in total. The van der Waals surface area contributed by atoms with Crippen molar-refractivity contribution in [3.05, 3.63) is 35.0 Å². The Hall–Kier alpha value is -0.930. The molecule has 1 fully saturated rings. The highest BCUT2D eigenvalue weighted by atomic mass is 32.1. The number of hydrogen-bond acceptors (Lipinski definition) is 2. The van der Waals surface area contributed by atoms with Gasteiger partial charge in [-0.3, -0.25) is 4.90 Å². The van der Waals surface area contributed by atoms with Crippen LogP contribution in [0.25, 0.3) is 10.1 Å². The second-order valence-electron chi connectivity index (χ2n) is 4.36. The van der Waals surface area contributed by atoms with Crippen molar-refractivity contribution < 1.29 is 4.39 Å². The van der Waals surface area contributed by atoms with Crippen molar-refractivity contribution in [3.63, 3.8) is 0 Å². The second kappa shape index (κ2) is 4.15. The van der Waals surface area contributed by atoms with Crippen molar-refractivity contribution in [1.29, 1.82) is 0 Å². The lowest BCUT2D eigenvalue weighted by atomic mass is 10.1. The number of fused-ring (bicyclic) bond motifs is 1. The predicted octanol–water partition coefficient (Wildman–Crippen LogP) is 3.64. The lowest BCUT2D eigenvalue weighted by Crippen LogP contribution is -2.17. The maximum absolute atomic E-state index is 13.5. The fraction of sp³-hybridized carbons (Fsp3) is 0.385. The molecule has 1 saturated heterocycles. The molecule has 84 valence electrons. The lowest BCUT2D eigenvalue weighted by Gasteiger charge is -2.13. The Morgan fingerprint density at radius 2 is 2.06 bits per heavy atom. The maximum Gasteiger partial charge on any atom is 0.140 e. The number of thiophene rings is 1. The third-order valence-electron chi connectivity index (χ3n) is 3.22. The normalized spacial score (nSPS) is 17.3. The first-order valence-corrected chi connectivity index (χ1v) is 6.59. The van der Waals surface area contributed by atoms with E-state index < -0.39 is 0 Å². The highest BCUT2D eigenvalue weighted by molar-refractivity contribution is 7.17. The molecule has 0 saturated carbocycles. The van der Waals surface area contributed by atoms with Crippen molar-refractivity contribution in [2.24, 2.45) is 0 Å². The number of rotatable bonds is 2. The highest BCUT2D eigenvalue weighted by Crippen LogP contribution is 2.29. The molecule has 1 aliphatic heterocycles. The van der Waals surface area contributed by atoms with Crippen LogP contribution in [0.15, 0.2) is 23.6 Å². The van der Waals surface area contributed by atoms with E-state index in [-0.39, 0.29) is 5.82 Å². The second-order valence-corrected chi connectivity index (χ2v) is 5.24. The molecule has 0 spiro atoms. The number of likely N-dealkylation sites (tertiary alicyclic amines) is 1. The van der Waals surface area contributed by atoms with Gasteiger partial charge in [-0.1, -0.05) is 12.1 Å². The summed E-state index contributed by atoms with van der Waals surface area (Å²) in [5.74, 6) is -0.0878. The number of nitrogens with zero attached hydrogens (tertiary/aromatic N) is 1. The molecule has 0 atom stereocenters. The first-order chi connectivity index (χ1) is 7.84. The van der Waals surface area contributed by atoms with E-state index in [1.807, 2.05) is 6.07 Å². The van der Waals surface area contributed by atoms with E-state index in [1.165, 1.54) is 42.8 Å². The molecular formula is C13H14FNS. The molecule has 0 unspecified atom stereocenters. The van der Waals surface area contributed by atoms with Gasteiger partial charge in [-0.05, 0) is 48.3 Å². The van der Waals surface area contributed by atoms with Gasteiger partial charge in [0.05, 0.1) is 4.70 Å². The molecule has 0 bridgehead atoms. The number of benzene rings is 1. The Kier molecular flexibility index (Phi) is 2.65. The summed E-state index contributed by atoms with van der Waals surface area (Å²) in [4.78, 5) is 2.45. The molecular weight excluding hydrogens is 221 g/mol. The molecule has 1 aromatic carbocycles. The van der Waals surface area contributed by atoms with Crippen LogP contribution < -0.4 is 0 Å². The number of halogens is 1. The lowest BCUT2D eigenvalue weighted by molar-refractivity contribution is 0.333. The minimum atomic E-state index is -0.0878. The summed E-state index contributed by atoms with van der Waals surface area (Å²) >= 11 is 1.52. The fourth-order valence-electron chi connectivity index (χ4n) is 2.38. The van der Waals surface area contributed by atoms with E-state index >= 15 is 0 Å². The molecule has 0 radical (unpaired) electrons. The van der Waals surface area contributed by atoms with Crippen LogP contribution >= 0.6 is 11.3 Å². The van der Waals surface area contributed by atoms with Gasteiger partial charge in [0.1, 0.15) is 5.82 Å². The summed E-state index contributed by atoms with van der Waals surface area (Å²) in [5, 5.41) is 3.20. The SMILES string of the molecule is Fc1cccc2c(CN3CCCC3)csc12. The summed E-state index contributed by atoms with van der Waals surface area (Å²) in [6.45, 7) is 3.35. The standard InChI is InChI=1S/C13H14FNS/c14-12-5-3-4-11-10(9-16-13(11)12)8-15-6-1-2-7-15/h3-5,9H,1-2,6-8H2. The Balaban J connectivity index is 1.94. The van der Waals surface area contributed by atoms with E-state index in [4.69, 9.17) is 0 Å². The molecule has 0 aliphatic carbocycles. The largest absolute Gasteiger partial charge is 0.299 e. The highest BCUT2D eigenvalue weighted by Gasteiger charge is 2.14. The van der Waals surface area contributed by atoms with Gasteiger partial charge in [-0.25, -0.2) is 4.39 Å². The minimum Gasteiger partial charge on any atom is -0.299 e. The van der Waals surface area contributed by atoms with Crippen LogP contribution in [0.4, 0.5) is 4.39 Å². The Labute approximate surface area is 98.5 Å². The first-order valence-electron chi connectivity index (χ1n) is 5.71. The van der Waals surface area contributed by atoms with Crippen molar-refractivity contribution in [2.45, 2.75) is 19.4 Å². The van der Waals surface area contributed by atoms with Gasteiger partial charge in [0, 0.05) is 6.54 Å². The zero-order chi connectivity index (χ0) is 11.0. The quantitative estimate of drug-likeness (QED) is 0.768. The average Bonchev–Trinajstić information content (AvgIpc) is 2.90. The van der Waals surface area contributed by atoms with Crippen molar-refractivity contribution >= 4 is 21.4 Å². The van der Waals surface area contributed by atoms with E-state index in [0.29, 0.717) is 0 Å². The zero-order valence-electron chi connectivity index (χ0n) is 9.08. The van der Waals surface area contributed by atoms with Crippen molar-refractivity contribution in [2.75, 3.05) is 13.1 Å². The van der Waals surface area contributed by atoms with E-state index in [0.717, 1.165) is 16.6 Å². The van der Waals surface area contributed by atoms with Crippen LogP contribution in [0.2, 0.25) is 0 Å². The molecule has 2 heterocycles. The Morgan fingerprint density at radius 1 is 1.25 bits per heavy atom. The van der Waals surface area contributed by atoms with Crippen LogP contribution in [0.3, 0.4) is 0 Å². The molecule has 1 aliphatic rings. The summed E-state index contributed by atoms with van der Waals surface area (Å²) < 4.78 is 14.3. The molecule has 3 rings (SSSR count). The zero-order valence-corrected chi connectivity index (χ0v) is 9.89. The number of hydrogen-bond donors (Lipinski definition) is 0. The van der Waals surface area contributed by atoms with Crippen molar-refractivity contribution in [3.8, 4) is 0 Å². The monoisotopic (exact) mass is 235 g/mol. The van der Waals surface area contributed by atoms with Crippen LogP contribution in [0.5, 0.6) is 0 Å². The minimum absolute atomic E-state index is 0.0878. The van der Waals surface area contributed by atoms with E-state index in [1.54, 1.807) is 12.1 Å². The van der Waals surface area contributed by atoms with E-state index in [9.17, 15) is 4.39 Å². The van der Waals surface area contributed by atoms with Gasteiger partial charge in [0.2, 0.25) is 0 Å². The third kappa shape index (κ3) is 1.74. The molecule has 3 heteroatoms. The van der Waals surface area contributed by atoms with E-state index in [2.05, 4.69) is 10.3 Å². The van der Waals surface area contributed by atoms with Gasteiger partial charge in [-0.15, -0.1) is 11.3 Å². The van der Waals surface area contributed by atoms with Crippen LogP contribution in [0.1, 0.15) is 18.4 Å². The van der Waals surface area contributed by atoms with Gasteiger partial charge in [0.25, 0.3) is 0 Å².